The fourth-order valence-electron chi connectivity index (χ4n) is 7.87. The monoisotopic (exact) mass is 679 g/mol. The number of nitrogens with zero attached hydrogens (tertiary/aromatic N) is 1. The fourth-order valence-corrected chi connectivity index (χ4v) is 9.11. The molecule has 1 nitrogen and oxygen atoms in total. The summed E-state index contributed by atoms with van der Waals surface area (Å²) >= 11 is 1.89. The Hall–Kier alpha value is -6.48. The number of fused-ring (bicyclic) bond motifs is 6. The normalized spacial score (nSPS) is 11.5. The van der Waals surface area contributed by atoms with E-state index < -0.39 is 0 Å². The van der Waals surface area contributed by atoms with Gasteiger partial charge in [0.1, 0.15) is 0 Å². The lowest BCUT2D eigenvalue weighted by Gasteiger charge is -2.29. The van der Waals surface area contributed by atoms with Crippen LogP contribution in [-0.2, 0) is 0 Å². The molecule has 0 saturated heterocycles. The zero-order valence-electron chi connectivity index (χ0n) is 28.4. The number of hydrogen-bond acceptors (Lipinski definition) is 2. The molecule has 244 valence electrons. The van der Waals surface area contributed by atoms with Crippen molar-refractivity contribution in [3.8, 4) is 33.4 Å². The van der Waals surface area contributed by atoms with Crippen molar-refractivity contribution in [1.29, 1.82) is 0 Å². The van der Waals surface area contributed by atoms with Gasteiger partial charge in [0.15, 0.2) is 0 Å². The van der Waals surface area contributed by atoms with Gasteiger partial charge < -0.3 is 4.90 Å². The Labute approximate surface area is 307 Å². The van der Waals surface area contributed by atoms with Crippen molar-refractivity contribution in [3.05, 3.63) is 200 Å². The predicted molar refractivity (Wildman–Crippen MR) is 225 cm³/mol. The Kier molecular flexibility index (Phi) is 7.41. The molecular weight excluding hydrogens is 647 g/mol. The molecule has 1 heterocycles. The molecule has 10 rings (SSSR count). The topological polar surface area (TPSA) is 3.24 Å². The molecule has 0 aliphatic rings. The lowest BCUT2D eigenvalue weighted by molar-refractivity contribution is 1.30. The van der Waals surface area contributed by atoms with Crippen molar-refractivity contribution in [1.82, 2.24) is 0 Å². The molecule has 0 amide bonds. The first kappa shape index (κ1) is 30.4. The van der Waals surface area contributed by atoms with Gasteiger partial charge in [0.25, 0.3) is 0 Å². The molecule has 1 aromatic heterocycles. The van der Waals surface area contributed by atoms with Gasteiger partial charge in [-0.15, -0.1) is 11.3 Å². The number of anilines is 3. The highest BCUT2D eigenvalue weighted by Gasteiger charge is 2.23. The lowest BCUT2D eigenvalue weighted by atomic mass is 9.92. The Morgan fingerprint density at radius 1 is 0.346 bits per heavy atom. The van der Waals surface area contributed by atoms with E-state index in [0.717, 1.165) is 11.4 Å². The standard InChI is InChI=1S/C50H33NS/c1-3-15-34(16-4-1)35-29-31-38(32-30-35)51(46-26-12-11-22-40(46)37-17-5-2-6-18-37)47-27-14-28-48-49(47)45-33-44(42-23-9-10-24-43(42)50(45)52-48)41-25-13-20-36-19-7-8-21-39(36)41/h1-33H. The zero-order valence-corrected chi connectivity index (χ0v) is 29.2. The number of rotatable bonds is 6. The van der Waals surface area contributed by atoms with E-state index in [9.17, 15) is 0 Å². The van der Waals surface area contributed by atoms with Crippen LogP contribution in [-0.4, -0.2) is 0 Å². The number of benzene rings is 9. The van der Waals surface area contributed by atoms with E-state index >= 15 is 0 Å². The zero-order chi connectivity index (χ0) is 34.4. The van der Waals surface area contributed by atoms with E-state index in [1.807, 2.05) is 11.3 Å². The van der Waals surface area contributed by atoms with Crippen molar-refractivity contribution >= 4 is 70.1 Å². The highest BCUT2D eigenvalue weighted by atomic mass is 32.1. The summed E-state index contributed by atoms with van der Waals surface area (Å²) in [7, 11) is 0. The molecule has 0 fully saturated rings. The van der Waals surface area contributed by atoms with Crippen LogP contribution in [0.25, 0.3) is 75.1 Å². The first-order chi connectivity index (χ1) is 25.8. The van der Waals surface area contributed by atoms with Gasteiger partial charge in [-0.3, -0.25) is 0 Å². The number of thiophene rings is 1. The Morgan fingerprint density at radius 2 is 0.923 bits per heavy atom. The van der Waals surface area contributed by atoms with E-state index in [4.69, 9.17) is 0 Å². The molecule has 0 spiro atoms. The second-order valence-electron chi connectivity index (χ2n) is 13.3. The summed E-state index contributed by atoms with van der Waals surface area (Å²) < 4.78 is 2.59. The molecule has 0 aliphatic carbocycles. The van der Waals surface area contributed by atoms with Crippen molar-refractivity contribution in [2.24, 2.45) is 0 Å². The Balaban J connectivity index is 1.27. The van der Waals surface area contributed by atoms with Crippen molar-refractivity contribution in [2.75, 3.05) is 4.90 Å². The third kappa shape index (κ3) is 5.07. The third-order valence-electron chi connectivity index (χ3n) is 10.3. The molecule has 2 heteroatoms. The van der Waals surface area contributed by atoms with Crippen LogP contribution < -0.4 is 4.90 Å². The van der Waals surface area contributed by atoms with Crippen molar-refractivity contribution < 1.29 is 0 Å². The second-order valence-corrected chi connectivity index (χ2v) is 14.3. The third-order valence-corrected chi connectivity index (χ3v) is 11.5. The van der Waals surface area contributed by atoms with Crippen LogP contribution in [0.3, 0.4) is 0 Å². The van der Waals surface area contributed by atoms with Crippen LogP contribution in [0.1, 0.15) is 0 Å². The lowest BCUT2D eigenvalue weighted by Crippen LogP contribution is -2.11. The van der Waals surface area contributed by atoms with Gasteiger partial charge in [-0.25, -0.2) is 0 Å². The summed E-state index contributed by atoms with van der Waals surface area (Å²) in [4.78, 5) is 2.47. The van der Waals surface area contributed by atoms with E-state index in [-0.39, 0.29) is 0 Å². The molecule has 0 N–H and O–H groups in total. The van der Waals surface area contributed by atoms with Crippen LogP contribution in [0.5, 0.6) is 0 Å². The molecular formula is C50H33NS. The van der Waals surface area contributed by atoms with E-state index in [2.05, 4.69) is 205 Å². The first-order valence-electron chi connectivity index (χ1n) is 17.8. The Bertz CT molecular complexity index is 2880. The molecule has 10 aromatic rings. The fraction of sp³-hybridized carbons (Fsp3) is 0. The van der Waals surface area contributed by atoms with E-state index in [1.54, 1.807) is 0 Å². The van der Waals surface area contributed by atoms with Gasteiger partial charge in [0.2, 0.25) is 0 Å². The maximum absolute atomic E-state index is 2.47. The summed E-state index contributed by atoms with van der Waals surface area (Å²) in [6.07, 6.45) is 0. The summed E-state index contributed by atoms with van der Waals surface area (Å²) in [5.74, 6) is 0. The minimum absolute atomic E-state index is 1.12. The van der Waals surface area contributed by atoms with Crippen molar-refractivity contribution in [3.63, 3.8) is 0 Å². The van der Waals surface area contributed by atoms with Gasteiger partial charge in [-0.05, 0) is 80.4 Å². The molecule has 0 saturated carbocycles. The maximum Gasteiger partial charge on any atom is 0.0555 e. The van der Waals surface area contributed by atoms with Gasteiger partial charge in [0, 0.05) is 36.8 Å². The maximum atomic E-state index is 2.47. The number of hydrogen-bond donors (Lipinski definition) is 0. The van der Waals surface area contributed by atoms with Crippen LogP contribution >= 0.6 is 11.3 Å². The minimum atomic E-state index is 1.12. The number of para-hydroxylation sites is 1. The van der Waals surface area contributed by atoms with Gasteiger partial charge in [0.05, 0.1) is 11.4 Å². The summed E-state index contributed by atoms with van der Waals surface area (Å²) in [6, 6.07) is 72.8. The second kappa shape index (κ2) is 12.7. The average molecular weight is 680 g/mol. The van der Waals surface area contributed by atoms with Gasteiger partial charge in [-0.1, -0.05) is 164 Å². The van der Waals surface area contributed by atoms with Crippen LogP contribution in [0.15, 0.2) is 200 Å². The molecule has 52 heavy (non-hydrogen) atoms. The van der Waals surface area contributed by atoms with E-state index in [0.29, 0.717) is 0 Å². The highest BCUT2D eigenvalue weighted by molar-refractivity contribution is 7.26. The SMILES string of the molecule is c1ccc(-c2ccc(N(c3ccccc3-c3ccccc3)c3cccc4sc5c6ccccc6c(-c6cccc7ccccc67)cc5c34)cc2)cc1. The average Bonchev–Trinajstić information content (AvgIpc) is 3.61. The minimum Gasteiger partial charge on any atom is -0.309 e. The molecule has 0 radical (unpaired) electrons. The summed E-state index contributed by atoms with van der Waals surface area (Å²) in [5, 5.41) is 7.64. The molecule has 0 aliphatic heterocycles. The van der Waals surface area contributed by atoms with Crippen LogP contribution in [0.2, 0.25) is 0 Å². The first-order valence-corrected chi connectivity index (χ1v) is 18.6. The van der Waals surface area contributed by atoms with Gasteiger partial charge >= 0.3 is 0 Å². The van der Waals surface area contributed by atoms with Crippen molar-refractivity contribution in [2.45, 2.75) is 0 Å². The molecule has 9 aromatic carbocycles. The highest BCUT2D eigenvalue weighted by Crippen LogP contribution is 2.50. The smallest absolute Gasteiger partial charge is 0.0555 e. The summed E-state index contributed by atoms with van der Waals surface area (Å²) in [6.45, 7) is 0. The molecule has 0 bridgehead atoms. The molecule has 0 atom stereocenters. The van der Waals surface area contributed by atoms with Crippen LogP contribution in [0.4, 0.5) is 17.1 Å². The summed E-state index contributed by atoms with van der Waals surface area (Å²) in [5.41, 5.74) is 10.7. The predicted octanol–water partition coefficient (Wildman–Crippen LogP) is 14.8. The largest absolute Gasteiger partial charge is 0.309 e. The van der Waals surface area contributed by atoms with Gasteiger partial charge in [-0.2, -0.15) is 0 Å². The van der Waals surface area contributed by atoms with E-state index in [1.165, 1.54) is 80.8 Å². The molecule has 0 unspecified atom stereocenters. The quantitative estimate of drug-likeness (QED) is 0.169. The Morgan fingerprint density at radius 3 is 1.73 bits per heavy atom. The van der Waals surface area contributed by atoms with Crippen LogP contribution in [0, 0.1) is 0 Å².